The topological polar surface area (TPSA) is 36.9 Å². The predicted octanol–water partition coefficient (Wildman–Crippen LogP) is -0.478. The summed E-state index contributed by atoms with van der Waals surface area (Å²) in [5.41, 5.74) is 0.875. The normalized spacial score (nSPS) is 15.6. The maximum Gasteiger partial charge on any atom is 0.466 e. The van der Waals surface area contributed by atoms with Gasteiger partial charge in [0.05, 0.1) is 7.11 Å². The second-order valence-electron chi connectivity index (χ2n) is 2.71. The molecule has 0 N–H and O–H groups in total. The van der Waals surface area contributed by atoms with E-state index in [1.54, 1.807) is 7.11 Å². The molecule has 0 spiro atoms. The Morgan fingerprint density at radius 2 is 2.07 bits per heavy atom. The minimum Gasteiger partial charge on any atom is -0.497 e. The fourth-order valence-electron chi connectivity index (χ4n) is 1.17. The molecule has 0 atom stereocenters. The lowest BCUT2D eigenvalue weighted by atomic mass is 9.75. The molecular weight excluding hydrogens is 181 g/mol. The summed E-state index contributed by atoms with van der Waals surface area (Å²) in [5, 5.41) is 0. The summed E-state index contributed by atoms with van der Waals surface area (Å²) < 4.78 is 19.9. The molecule has 0 bridgehead atoms. The molecule has 0 saturated carbocycles. The van der Waals surface area contributed by atoms with Gasteiger partial charge >= 0.3 is 22.5 Å². The van der Waals surface area contributed by atoms with Crippen LogP contribution in [0.1, 0.15) is 0 Å². The lowest BCUT2D eigenvalue weighted by molar-refractivity contribution is 0.333. The maximum atomic E-state index is 5.11. The van der Waals surface area contributed by atoms with Crippen molar-refractivity contribution in [2.75, 3.05) is 7.11 Å². The highest BCUT2D eigenvalue weighted by Gasteiger charge is 2.26. The van der Waals surface area contributed by atoms with Crippen LogP contribution >= 0.6 is 0 Å². The molecule has 0 unspecified atom stereocenters. The van der Waals surface area contributed by atoms with Crippen LogP contribution in [0.3, 0.4) is 0 Å². The zero-order chi connectivity index (χ0) is 9.80. The van der Waals surface area contributed by atoms with Crippen molar-refractivity contribution >= 4 is 28.0 Å². The molecule has 2 rings (SSSR count). The predicted molar refractivity (Wildman–Crippen MR) is 53.1 cm³/mol. The van der Waals surface area contributed by atoms with Crippen LogP contribution in [-0.4, -0.2) is 29.6 Å². The quantitative estimate of drug-likeness (QED) is 0.587. The second kappa shape index (κ2) is 4.55. The van der Waals surface area contributed by atoms with E-state index in [0.717, 1.165) is 11.2 Å². The summed E-state index contributed by atoms with van der Waals surface area (Å²) in [6.45, 7) is 0. The molecule has 0 aliphatic carbocycles. The number of methoxy groups -OCH3 is 1. The Morgan fingerprint density at radius 3 is 2.79 bits per heavy atom. The Balaban J connectivity index is 2.13. The van der Waals surface area contributed by atoms with Crippen molar-refractivity contribution in [1.82, 2.24) is 0 Å². The molecule has 1 aliphatic rings. The minimum atomic E-state index is -0.459. The van der Waals surface area contributed by atoms with E-state index in [1.165, 1.54) is 15.4 Å². The monoisotopic (exact) mass is 188 g/mol. The first-order chi connectivity index (χ1) is 6.90. The summed E-state index contributed by atoms with van der Waals surface area (Å²) in [6, 6.07) is 7.46. The van der Waals surface area contributed by atoms with Gasteiger partial charge in [-0.2, -0.15) is 0 Å². The molecule has 1 aromatic carbocycles. The standard InChI is InChI=1S/C7H7B3O4/c1-11-7-4-2-3-6(5-7)10-13-8-12-9-14-10/h2-5H,1H3. The Labute approximate surface area is 84.3 Å². The molecule has 0 amide bonds. The molecule has 0 aromatic heterocycles. The molecule has 1 aromatic rings. The van der Waals surface area contributed by atoms with Crippen molar-refractivity contribution in [3.8, 4) is 5.75 Å². The second-order valence-corrected chi connectivity index (χ2v) is 2.71. The molecule has 4 nitrogen and oxygen atoms in total. The highest BCUT2D eigenvalue weighted by Crippen LogP contribution is 2.07. The van der Waals surface area contributed by atoms with E-state index < -0.39 is 7.12 Å². The van der Waals surface area contributed by atoms with Crippen LogP contribution in [0.2, 0.25) is 0 Å². The highest BCUT2D eigenvalue weighted by molar-refractivity contribution is 6.71. The summed E-state index contributed by atoms with van der Waals surface area (Å²) in [5.74, 6) is 0.765. The number of benzene rings is 1. The molecule has 68 valence electrons. The minimum absolute atomic E-state index is 0.459. The molecule has 7 heteroatoms. The van der Waals surface area contributed by atoms with Gasteiger partial charge in [-0.25, -0.2) is 0 Å². The van der Waals surface area contributed by atoms with Gasteiger partial charge in [0.15, 0.2) is 0 Å². The van der Waals surface area contributed by atoms with Crippen molar-refractivity contribution in [3.63, 3.8) is 0 Å². The van der Waals surface area contributed by atoms with E-state index in [0.29, 0.717) is 0 Å². The lowest BCUT2D eigenvalue weighted by Gasteiger charge is -2.18. The third-order valence-corrected chi connectivity index (χ3v) is 1.84. The molecule has 14 heavy (non-hydrogen) atoms. The fraction of sp³-hybridized carbons (Fsp3) is 0.143. The smallest absolute Gasteiger partial charge is 0.466 e. The number of rotatable bonds is 2. The van der Waals surface area contributed by atoms with E-state index in [9.17, 15) is 0 Å². The van der Waals surface area contributed by atoms with Crippen LogP contribution in [0, 0.1) is 0 Å². The summed E-state index contributed by atoms with van der Waals surface area (Å²) in [4.78, 5) is 0. The first-order valence-electron chi connectivity index (χ1n) is 4.14. The van der Waals surface area contributed by atoms with Crippen molar-refractivity contribution in [2.45, 2.75) is 0 Å². The molecule has 1 aliphatic heterocycles. The summed E-state index contributed by atoms with van der Waals surface area (Å²) in [6.07, 6.45) is 0. The largest absolute Gasteiger partial charge is 0.497 e. The first kappa shape index (κ1) is 9.64. The van der Waals surface area contributed by atoms with E-state index in [-0.39, 0.29) is 0 Å². The van der Waals surface area contributed by atoms with Gasteiger partial charge in [-0.15, -0.1) is 0 Å². The van der Waals surface area contributed by atoms with Gasteiger partial charge in [-0.05, 0) is 17.6 Å². The van der Waals surface area contributed by atoms with Gasteiger partial charge in [-0.1, -0.05) is 12.1 Å². The summed E-state index contributed by atoms with van der Waals surface area (Å²) in [7, 11) is 3.61. The molecular formula is C7H7B3O4. The Bertz CT molecular complexity index is 303. The zero-order valence-electron chi connectivity index (χ0n) is 7.67. The van der Waals surface area contributed by atoms with Crippen LogP contribution in [0.25, 0.3) is 0 Å². The van der Waals surface area contributed by atoms with E-state index in [4.69, 9.17) is 13.9 Å². The van der Waals surface area contributed by atoms with Gasteiger partial charge in [-0.3, -0.25) is 0 Å². The number of ether oxygens (including phenoxy) is 1. The lowest BCUT2D eigenvalue weighted by Crippen LogP contribution is -2.44. The van der Waals surface area contributed by atoms with E-state index in [2.05, 4.69) is 4.57 Å². The van der Waals surface area contributed by atoms with Gasteiger partial charge < -0.3 is 18.5 Å². The summed E-state index contributed by atoms with van der Waals surface area (Å²) >= 11 is 0. The highest BCUT2D eigenvalue weighted by atomic mass is 16.7. The van der Waals surface area contributed by atoms with Crippen LogP contribution in [-0.2, 0) is 13.7 Å². The fourth-order valence-corrected chi connectivity index (χ4v) is 1.17. The van der Waals surface area contributed by atoms with Crippen molar-refractivity contribution in [2.24, 2.45) is 0 Å². The third-order valence-electron chi connectivity index (χ3n) is 1.84. The van der Waals surface area contributed by atoms with Crippen LogP contribution < -0.4 is 10.2 Å². The van der Waals surface area contributed by atoms with Crippen LogP contribution in [0.15, 0.2) is 24.3 Å². The van der Waals surface area contributed by atoms with E-state index >= 15 is 0 Å². The van der Waals surface area contributed by atoms with Crippen molar-refractivity contribution in [1.29, 1.82) is 0 Å². The number of hydrogen-bond donors (Lipinski definition) is 0. The van der Waals surface area contributed by atoms with Gasteiger partial charge in [0.2, 0.25) is 0 Å². The van der Waals surface area contributed by atoms with E-state index in [1.807, 2.05) is 24.3 Å². The third kappa shape index (κ3) is 2.12. The average molecular weight is 188 g/mol. The SMILES string of the molecule is COc1cccc(B2O[B]O[B]O2)c1. The Morgan fingerprint density at radius 1 is 1.29 bits per heavy atom. The molecule has 1 fully saturated rings. The zero-order valence-corrected chi connectivity index (χ0v) is 7.67. The maximum absolute atomic E-state index is 5.11. The molecule has 1 heterocycles. The van der Waals surface area contributed by atoms with Crippen LogP contribution in [0.4, 0.5) is 0 Å². The Kier molecular flexibility index (Phi) is 3.13. The van der Waals surface area contributed by atoms with Crippen molar-refractivity contribution in [3.05, 3.63) is 24.3 Å². The first-order valence-corrected chi connectivity index (χ1v) is 4.14. The average Bonchev–Trinajstić information content (AvgIpc) is 2.30. The van der Waals surface area contributed by atoms with Gasteiger partial charge in [0.1, 0.15) is 5.75 Å². The number of hydrogen-bond acceptors (Lipinski definition) is 4. The molecule has 2 radical (unpaired) electrons. The van der Waals surface area contributed by atoms with Gasteiger partial charge in [0, 0.05) is 0 Å². The van der Waals surface area contributed by atoms with Crippen molar-refractivity contribution < 1.29 is 18.5 Å². The van der Waals surface area contributed by atoms with Gasteiger partial charge in [0.25, 0.3) is 0 Å². The molecule has 1 saturated heterocycles. The van der Waals surface area contributed by atoms with Crippen LogP contribution in [0.5, 0.6) is 5.75 Å². The Hall–Kier alpha value is -0.905.